The SMILES string of the molecule is COc1cccc(C#N)c1NC(=O)C(S)C(C)C. The number of hydrogen-bond donors (Lipinski definition) is 2. The molecule has 0 saturated heterocycles. The fourth-order valence-electron chi connectivity index (χ4n) is 1.42. The van der Waals surface area contributed by atoms with Crippen molar-refractivity contribution in [2.45, 2.75) is 19.1 Å². The molecule has 1 atom stereocenters. The van der Waals surface area contributed by atoms with Gasteiger partial charge in [0.1, 0.15) is 17.5 Å². The summed E-state index contributed by atoms with van der Waals surface area (Å²) in [6.45, 7) is 3.81. The monoisotopic (exact) mass is 264 g/mol. The third-order valence-electron chi connectivity index (χ3n) is 2.51. The van der Waals surface area contributed by atoms with Gasteiger partial charge in [0.15, 0.2) is 0 Å². The lowest BCUT2D eigenvalue weighted by atomic mass is 10.1. The fourth-order valence-corrected chi connectivity index (χ4v) is 1.49. The van der Waals surface area contributed by atoms with E-state index in [9.17, 15) is 4.79 Å². The minimum Gasteiger partial charge on any atom is -0.495 e. The molecule has 0 aliphatic rings. The van der Waals surface area contributed by atoms with Gasteiger partial charge in [-0.2, -0.15) is 17.9 Å². The number of benzene rings is 1. The topological polar surface area (TPSA) is 62.1 Å². The minimum atomic E-state index is -0.429. The van der Waals surface area contributed by atoms with Gasteiger partial charge in [-0.1, -0.05) is 19.9 Å². The number of hydrogen-bond acceptors (Lipinski definition) is 4. The molecule has 1 amide bonds. The zero-order valence-corrected chi connectivity index (χ0v) is 11.5. The van der Waals surface area contributed by atoms with E-state index in [0.29, 0.717) is 17.0 Å². The Morgan fingerprint density at radius 1 is 1.50 bits per heavy atom. The lowest BCUT2D eigenvalue weighted by Crippen LogP contribution is -2.28. The van der Waals surface area contributed by atoms with Crippen molar-refractivity contribution in [3.05, 3.63) is 23.8 Å². The number of rotatable bonds is 4. The summed E-state index contributed by atoms with van der Waals surface area (Å²) in [5, 5.41) is 11.3. The Balaban J connectivity index is 3.04. The second-order valence-electron chi connectivity index (χ2n) is 4.17. The molecule has 0 radical (unpaired) electrons. The highest BCUT2D eigenvalue weighted by atomic mass is 32.1. The van der Waals surface area contributed by atoms with E-state index >= 15 is 0 Å². The first-order valence-corrected chi connectivity index (χ1v) is 6.09. The number of nitriles is 1. The van der Waals surface area contributed by atoms with Gasteiger partial charge in [-0.25, -0.2) is 0 Å². The van der Waals surface area contributed by atoms with E-state index in [4.69, 9.17) is 10.00 Å². The predicted octanol–water partition coefficient (Wildman–Crippen LogP) is 2.46. The van der Waals surface area contributed by atoms with Gasteiger partial charge in [0.2, 0.25) is 5.91 Å². The average molecular weight is 264 g/mol. The van der Waals surface area contributed by atoms with Crippen LogP contribution in [0.15, 0.2) is 18.2 Å². The van der Waals surface area contributed by atoms with Crippen LogP contribution < -0.4 is 10.1 Å². The van der Waals surface area contributed by atoms with E-state index in [1.165, 1.54) is 7.11 Å². The van der Waals surface area contributed by atoms with Crippen LogP contribution in [0.3, 0.4) is 0 Å². The molecule has 4 nitrogen and oxygen atoms in total. The number of nitrogens with zero attached hydrogens (tertiary/aromatic N) is 1. The average Bonchev–Trinajstić information content (AvgIpc) is 2.37. The van der Waals surface area contributed by atoms with Crippen LogP contribution in [0.2, 0.25) is 0 Å². The third kappa shape index (κ3) is 3.17. The molecule has 0 aromatic heterocycles. The standard InChI is InChI=1S/C13H16N2O2S/c1-8(2)12(18)13(16)15-11-9(7-14)5-4-6-10(11)17-3/h4-6,8,12,18H,1-3H3,(H,15,16). The summed E-state index contributed by atoms with van der Waals surface area (Å²) >= 11 is 4.24. The van der Waals surface area contributed by atoms with Gasteiger partial charge in [-0.15, -0.1) is 0 Å². The van der Waals surface area contributed by atoms with Crippen LogP contribution in [-0.2, 0) is 4.79 Å². The quantitative estimate of drug-likeness (QED) is 0.821. The molecule has 18 heavy (non-hydrogen) atoms. The molecule has 0 aliphatic heterocycles. The van der Waals surface area contributed by atoms with Crippen LogP contribution in [0.4, 0.5) is 5.69 Å². The zero-order valence-electron chi connectivity index (χ0n) is 10.6. The number of carbonyl (C=O) groups is 1. The molecule has 1 aromatic carbocycles. The highest BCUT2D eigenvalue weighted by molar-refractivity contribution is 7.81. The summed E-state index contributed by atoms with van der Waals surface area (Å²) in [5.74, 6) is 0.328. The second-order valence-corrected chi connectivity index (χ2v) is 4.73. The number of methoxy groups -OCH3 is 1. The van der Waals surface area contributed by atoms with Crippen molar-refractivity contribution in [1.29, 1.82) is 5.26 Å². The normalized spacial score (nSPS) is 11.8. The van der Waals surface area contributed by atoms with Crippen LogP contribution >= 0.6 is 12.6 Å². The zero-order chi connectivity index (χ0) is 13.7. The van der Waals surface area contributed by atoms with Crippen molar-refractivity contribution in [3.8, 4) is 11.8 Å². The Kier molecular flexibility index (Phi) is 5.05. The third-order valence-corrected chi connectivity index (χ3v) is 3.35. The highest BCUT2D eigenvalue weighted by Gasteiger charge is 2.20. The van der Waals surface area contributed by atoms with Crippen molar-refractivity contribution < 1.29 is 9.53 Å². The van der Waals surface area contributed by atoms with Gasteiger partial charge in [0.05, 0.1) is 17.9 Å². The molecule has 0 aliphatic carbocycles. The molecular formula is C13H16N2O2S. The van der Waals surface area contributed by atoms with Crippen molar-refractivity contribution in [2.75, 3.05) is 12.4 Å². The molecule has 5 heteroatoms. The second kappa shape index (κ2) is 6.31. The fraction of sp³-hybridized carbons (Fsp3) is 0.385. The van der Waals surface area contributed by atoms with Gasteiger partial charge in [0.25, 0.3) is 0 Å². The number of ether oxygens (including phenoxy) is 1. The molecule has 1 N–H and O–H groups in total. The van der Waals surface area contributed by atoms with Gasteiger partial charge in [-0.05, 0) is 18.1 Å². The number of nitrogens with one attached hydrogen (secondary N) is 1. The summed E-state index contributed by atoms with van der Waals surface area (Å²) in [7, 11) is 1.49. The summed E-state index contributed by atoms with van der Waals surface area (Å²) in [4.78, 5) is 11.9. The van der Waals surface area contributed by atoms with E-state index in [0.717, 1.165) is 0 Å². The number of thiol groups is 1. The first-order chi connectivity index (χ1) is 8.51. The lowest BCUT2D eigenvalue weighted by Gasteiger charge is -2.16. The number of amides is 1. The van der Waals surface area contributed by atoms with Gasteiger partial charge >= 0.3 is 0 Å². The van der Waals surface area contributed by atoms with Crippen LogP contribution in [0.1, 0.15) is 19.4 Å². The molecule has 1 aromatic rings. The van der Waals surface area contributed by atoms with Crippen LogP contribution in [0.25, 0.3) is 0 Å². The van der Waals surface area contributed by atoms with Gasteiger partial charge in [-0.3, -0.25) is 4.79 Å². The Morgan fingerprint density at radius 3 is 2.67 bits per heavy atom. The van der Waals surface area contributed by atoms with Crippen LogP contribution in [0.5, 0.6) is 5.75 Å². The Hall–Kier alpha value is -1.67. The molecule has 0 saturated carbocycles. The Bertz CT molecular complexity index is 480. The van der Waals surface area contributed by atoms with E-state index < -0.39 is 5.25 Å². The van der Waals surface area contributed by atoms with E-state index in [2.05, 4.69) is 17.9 Å². The summed E-state index contributed by atoms with van der Waals surface area (Å²) < 4.78 is 5.14. The van der Waals surface area contributed by atoms with Crippen LogP contribution in [-0.4, -0.2) is 18.3 Å². The number of anilines is 1. The molecule has 0 spiro atoms. The highest BCUT2D eigenvalue weighted by Crippen LogP contribution is 2.28. The maximum absolute atomic E-state index is 11.9. The molecule has 1 rings (SSSR count). The molecule has 96 valence electrons. The van der Waals surface area contributed by atoms with Crippen molar-refractivity contribution in [3.63, 3.8) is 0 Å². The summed E-state index contributed by atoms with van der Waals surface area (Å²) in [6, 6.07) is 7.05. The minimum absolute atomic E-state index is 0.105. The molecule has 0 bridgehead atoms. The first kappa shape index (κ1) is 14.4. The smallest absolute Gasteiger partial charge is 0.237 e. The van der Waals surface area contributed by atoms with Crippen molar-refractivity contribution in [2.24, 2.45) is 5.92 Å². The van der Waals surface area contributed by atoms with E-state index in [1.807, 2.05) is 19.9 Å². The number of para-hydroxylation sites is 1. The Labute approximate surface area is 112 Å². The summed E-state index contributed by atoms with van der Waals surface area (Å²) in [5.41, 5.74) is 0.763. The van der Waals surface area contributed by atoms with Crippen molar-refractivity contribution >= 4 is 24.2 Å². The maximum Gasteiger partial charge on any atom is 0.237 e. The molecule has 1 unspecified atom stereocenters. The largest absolute Gasteiger partial charge is 0.495 e. The van der Waals surface area contributed by atoms with Crippen molar-refractivity contribution in [1.82, 2.24) is 0 Å². The van der Waals surface area contributed by atoms with Crippen LogP contribution in [0, 0.1) is 17.2 Å². The van der Waals surface area contributed by atoms with E-state index in [-0.39, 0.29) is 11.8 Å². The molecule has 0 heterocycles. The van der Waals surface area contributed by atoms with Gasteiger partial charge < -0.3 is 10.1 Å². The maximum atomic E-state index is 11.9. The molecular weight excluding hydrogens is 248 g/mol. The molecule has 0 fully saturated rings. The predicted molar refractivity (Wildman–Crippen MR) is 74.0 cm³/mol. The van der Waals surface area contributed by atoms with E-state index in [1.54, 1.807) is 18.2 Å². The summed E-state index contributed by atoms with van der Waals surface area (Å²) in [6.07, 6.45) is 0. The van der Waals surface area contributed by atoms with Gasteiger partial charge in [0, 0.05) is 0 Å². The lowest BCUT2D eigenvalue weighted by molar-refractivity contribution is -0.116. The first-order valence-electron chi connectivity index (χ1n) is 5.57. The number of carbonyl (C=O) groups excluding carboxylic acids is 1. The Morgan fingerprint density at radius 2 is 2.17 bits per heavy atom.